The van der Waals surface area contributed by atoms with Gasteiger partial charge in [-0.3, -0.25) is 0 Å². The lowest BCUT2D eigenvalue weighted by Crippen LogP contribution is -2.17. The molecule has 1 unspecified atom stereocenters. The van der Waals surface area contributed by atoms with Crippen LogP contribution in [-0.2, 0) is 0 Å². The number of aryl methyl sites for hydroxylation is 1. The second-order valence-corrected chi connectivity index (χ2v) is 4.57. The van der Waals surface area contributed by atoms with Gasteiger partial charge in [0.05, 0.1) is 0 Å². The molecule has 19 heavy (non-hydrogen) atoms. The molecule has 0 aliphatic rings. The van der Waals surface area contributed by atoms with Crippen molar-refractivity contribution in [1.29, 1.82) is 0 Å². The Morgan fingerprint density at radius 3 is 2.79 bits per heavy atom. The molecular formula is C16H20N2O. The van der Waals surface area contributed by atoms with E-state index < -0.39 is 0 Å². The SMILES string of the molecule is CCNC(C)c1ccnc(Oc2ccccc2C)c1. The van der Waals surface area contributed by atoms with Crippen LogP contribution >= 0.6 is 0 Å². The van der Waals surface area contributed by atoms with Gasteiger partial charge in [0.1, 0.15) is 5.75 Å². The second-order valence-electron chi connectivity index (χ2n) is 4.57. The maximum Gasteiger partial charge on any atom is 0.219 e. The number of pyridine rings is 1. The Kier molecular flexibility index (Phi) is 4.53. The van der Waals surface area contributed by atoms with E-state index in [1.807, 2.05) is 43.3 Å². The van der Waals surface area contributed by atoms with E-state index in [-0.39, 0.29) is 0 Å². The number of nitrogens with one attached hydrogen (secondary N) is 1. The van der Waals surface area contributed by atoms with Crippen LogP contribution in [0.4, 0.5) is 0 Å². The van der Waals surface area contributed by atoms with Crippen molar-refractivity contribution >= 4 is 0 Å². The van der Waals surface area contributed by atoms with Crippen LogP contribution in [0.3, 0.4) is 0 Å². The van der Waals surface area contributed by atoms with Crippen LogP contribution in [-0.4, -0.2) is 11.5 Å². The summed E-state index contributed by atoms with van der Waals surface area (Å²) < 4.78 is 5.84. The lowest BCUT2D eigenvalue weighted by Gasteiger charge is -2.14. The van der Waals surface area contributed by atoms with Gasteiger partial charge in [-0.25, -0.2) is 4.98 Å². The number of nitrogens with zero attached hydrogens (tertiary/aromatic N) is 1. The molecule has 100 valence electrons. The largest absolute Gasteiger partial charge is 0.439 e. The third kappa shape index (κ3) is 3.55. The lowest BCUT2D eigenvalue weighted by molar-refractivity contribution is 0.457. The van der Waals surface area contributed by atoms with Gasteiger partial charge in [-0.1, -0.05) is 25.1 Å². The van der Waals surface area contributed by atoms with E-state index in [0.717, 1.165) is 17.9 Å². The number of benzene rings is 1. The van der Waals surface area contributed by atoms with Crippen molar-refractivity contribution < 1.29 is 4.74 Å². The maximum atomic E-state index is 5.84. The van der Waals surface area contributed by atoms with Gasteiger partial charge in [0.15, 0.2) is 0 Å². The zero-order valence-electron chi connectivity index (χ0n) is 11.7. The van der Waals surface area contributed by atoms with Gasteiger partial charge in [-0.05, 0) is 43.7 Å². The van der Waals surface area contributed by atoms with Crippen molar-refractivity contribution in [2.24, 2.45) is 0 Å². The van der Waals surface area contributed by atoms with Gasteiger partial charge in [-0.15, -0.1) is 0 Å². The van der Waals surface area contributed by atoms with Crippen LogP contribution in [0, 0.1) is 6.92 Å². The topological polar surface area (TPSA) is 34.2 Å². The third-order valence-corrected chi connectivity index (χ3v) is 3.08. The zero-order valence-corrected chi connectivity index (χ0v) is 11.7. The fourth-order valence-corrected chi connectivity index (χ4v) is 1.96. The zero-order chi connectivity index (χ0) is 13.7. The van der Waals surface area contributed by atoms with Gasteiger partial charge in [0, 0.05) is 18.3 Å². The average Bonchev–Trinajstić information content (AvgIpc) is 2.42. The summed E-state index contributed by atoms with van der Waals surface area (Å²) in [6.07, 6.45) is 1.79. The molecule has 0 fully saturated rings. The minimum Gasteiger partial charge on any atom is -0.439 e. The molecule has 0 amide bonds. The second kappa shape index (κ2) is 6.34. The highest BCUT2D eigenvalue weighted by atomic mass is 16.5. The molecule has 3 nitrogen and oxygen atoms in total. The molecule has 0 bridgehead atoms. The summed E-state index contributed by atoms with van der Waals surface area (Å²) in [5.41, 5.74) is 2.29. The summed E-state index contributed by atoms with van der Waals surface area (Å²) >= 11 is 0. The quantitative estimate of drug-likeness (QED) is 0.882. The number of ether oxygens (including phenoxy) is 1. The molecule has 1 atom stereocenters. The first-order chi connectivity index (χ1) is 9.20. The standard InChI is InChI=1S/C16H20N2O/c1-4-17-13(3)14-9-10-18-16(11-14)19-15-8-6-5-7-12(15)2/h5-11,13,17H,4H2,1-3H3. The number of hydrogen-bond acceptors (Lipinski definition) is 3. The molecule has 0 radical (unpaired) electrons. The van der Waals surface area contributed by atoms with E-state index in [2.05, 4.69) is 24.1 Å². The van der Waals surface area contributed by atoms with Crippen LogP contribution in [0.5, 0.6) is 11.6 Å². The van der Waals surface area contributed by atoms with Gasteiger partial charge < -0.3 is 10.1 Å². The molecule has 0 aliphatic heterocycles. The van der Waals surface area contributed by atoms with E-state index in [9.17, 15) is 0 Å². The molecule has 0 saturated heterocycles. The van der Waals surface area contributed by atoms with E-state index in [0.29, 0.717) is 11.9 Å². The molecule has 0 spiro atoms. The van der Waals surface area contributed by atoms with Crippen molar-refractivity contribution in [3.8, 4) is 11.6 Å². The van der Waals surface area contributed by atoms with Crippen molar-refractivity contribution in [3.63, 3.8) is 0 Å². The Labute approximate surface area is 114 Å². The summed E-state index contributed by atoms with van der Waals surface area (Å²) in [5, 5.41) is 3.38. The van der Waals surface area contributed by atoms with Gasteiger partial charge in [0.2, 0.25) is 5.88 Å². The number of para-hydroxylation sites is 1. The van der Waals surface area contributed by atoms with Crippen LogP contribution in [0.15, 0.2) is 42.6 Å². The average molecular weight is 256 g/mol. The molecule has 1 aromatic carbocycles. The van der Waals surface area contributed by atoms with Gasteiger partial charge >= 0.3 is 0 Å². The van der Waals surface area contributed by atoms with Crippen LogP contribution in [0.2, 0.25) is 0 Å². The highest BCUT2D eigenvalue weighted by molar-refractivity contribution is 5.35. The van der Waals surface area contributed by atoms with Crippen molar-refractivity contribution in [2.75, 3.05) is 6.54 Å². The third-order valence-electron chi connectivity index (χ3n) is 3.08. The molecule has 2 aromatic rings. The Balaban J connectivity index is 2.18. The van der Waals surface area contributed by atoms with E-state index in [1.165, 1.54) is 5.56 Å². The number of aromatic nitrogens is 1. The highest BCUT2D eigenvalue weighted by Gasteiger charge is 2.07. The molecule has 3 heteroatoms. The van der Waals surface area contributed by atoms with Crippen LogP contribution in [0.25, 0.3) is 0 Å². The predicted molar refractivity (Wildman–Crippen MR) is 77.6 cm³/mol. The monoisotopic (exact) mass is 256 g/mol. The summed E-state index contributed by atoms with van der Waals surface area (Å²) in [6.45, 7) is 7.21. The first-order valence-corrected chi connectivity index (χ1v) is 6.63. The Bertz CT molecular complexity index is 540. The first-order valence-electron chi connectivity index (χ1n) is 6.63. The fraction of sp³-hybridized carbons (Fsp3) is 0.312. The van der Waals surface area contributed by atoms with Crippen LogP contribution < -0.4 is 10.1 Å². The molecule has 0 saturated carbocycles. The molecule has 1 aromatic heterocycles. The van der Waals surface area contributed by atoms with Crippen LogP contribution in [0.1, 0.15) is 31.0 Å². The molecular weight excluding hydrogens is 236 g/mol. The number of rotatable bonds is 5. The Morgan fingerprint density at radius 1 is 1.26 bits per heavy atom. The van der Waals surface area contributed by atoms with Crippen molar-refractivity contribution in [3.05, 3.63) is 53.7 Å². The van der Waals surface area contributed by atoms with Crippen molar-refractivity contribution in [2.45, 2.75) is 26.8 Å². The summed E-state index contributed by atoms with van der Waals surface area (Å²) in [5.74, 6) is 1.49. The molecule has 1 heterocycles. The first kappa shape index (κ1) is 13.6. The smallest absolute Gasteiger partial charge is 0.219 e. The Morgan fingerprint density at radius 2 is 2.05 bits per heavy atom. The summed E-state index contributed by atoms with van der Waals surface area (Å²) in [4.78, 5) is 4.27. The predicted octanol–water partition coefficient (Wildman–Crippen LogP) is 3.85. The van der Waals surface area contributed by atoms with E-state index in [4.69, 9.17) is 4.74 Å². The molecule has 0 aliphatic carbocycles. The van der Waals surface area contributed by atoms with E-state index >= 15 is 0 Å². The minimum atomic E-state index is 0.298. The summed E-state index contributed by atoms with van der Waals surface area (Å²) in [7, 11) is 0. The fourth-order valence-electron chi connectivity index (χ4n) is 1.96. The van der Waals surface area contributed by atoms with Gasteiger partial charge in [-0.2, -0.15) is 0 Å². The molecule has 2 rings (SSSR count). The maximum absolute atomic E-state index is 5.84. The minimum absolute atomic E-state index is 0.298. The normalized spacial score (nSPS) is 12.2. The lowest BCUT2D eigenvalue weighted by atomic mass is 10.1. The van der Waals surface area contributed by atoms with Gasteiger partial charge in [0.25, 0.3) is 0 Å². The number of hydrogen-bond donors (Lipinski definition) is 1. The Hall–Kier alpha value is -1.87. The summed E-state index contributed by atoms with van der Waals surface area (Å²) in [6, 6.07) is 12.2. The highest BCUT2D eigenvalue weighted by Crippen LogP contribution is 2.24. The molecule has 1 N–H and O–H groups in total. The van der Waals surface area contributed by atoms with E-state index in [1.54, 1.807) is 6.20 Å². The van der Waals surface area contributed by atoms with Crippen molar-refractivity contribution in [1.82, 2.24) is 10.3 Å².